The van der Waals surface area contributed by atoms with Gasteiger partial charge in [0.1, 0.15) is 5.82 Å². The minimum atomic E-state index is -6.01. The predicted molar refractivity (Wildman–Crippen MR) is 117 cm³/mol. The number of carbonyl (C=O) groups is 1. The number of nitrogens with zero attached hydrogens (tertiary/aromatic N) is 3. The Morgan fingerprint density at radius 3 is 2.19 bits per heavy atom. The molecule has 3 aromatic heterocycles. The van der Waals surface area contributed by atoms with Gasteiger partial charge in [0.2, 0.25) is 0 Å². The molecule has 3 N–H and O–H groups in total. The molecule has 0 spiro atoms. The maximum atomic E-state index is 13.1. The number of halogens is 6. The number of aliphatic hydroxyl groups is 1. The molecule has 36 heavy (non-hydrogen) atoms. The molecule has 0 aliphatic carbocycles. The van der Waals surface area contributed by atoms with Crippen molar-refractivity contribution in [2.75, 3.05) is 10.6 Å². The van der Waals surface area contributed by atoms with Crippen LogP contribution in [0.2, 0.25) is 0 Å². The zero-order valence-electron chi connectivity index (χ0n) is 17.9. The standard InChI is InChI=1S/C23H15F6N5O2/c24-22(25,26)21(36,23(27,28)29)14-3-5-15(6-4-14)34-20(35)17-2-1-8-31-19(17)33-16-10-13-11-30-9-7-18(13)32-12-16/h1-12,36H,(H,31,33)(H,34,35). The van der Waals surface area contributed by atoms with Crippen LogP contribution in [0, 0.1) is 0 Å². The minimum absolute atomic E-state index is 0.0370. The van der Waals surface area contributed by atoms with E-state index in [9.17, 15) is 36.2 Å². The highest BCUT2D eigenvalue weighted by molar-refractivity contribution is 6.07. The molecular formula is C23H15F6N5O2. The number of hydrogen-bond donors (Lipinski definition) is 3. The van der Waals surface area contributed by atoms with Gasteiger partial charge < -0.3 is 15.7 Å². The molecule has 0 atom stereocenters. The zero-order chi connectivity index (χ0) is 26.1. The molecule has 0 saturated carbocycles. The third-order valence-corrected chi connectivity index (χ3v) is 5.18. The SMILES string of the molecule is O=C(Nc1ccc(C(O)(C(F)(F)F)C(F)(F)F)cc1)c1cccnc1Nc1cnc2ccncc2c1. The summed E-state index contributed by atoms with van der Waals surface area (Å²) in [7, 11) is 0. The van der Waals surface area contributed by atoms with Crippen LogP contribution in [-0.4, -0.2) is 38.3 Å². The molecule has 0 fully saturated rings. The summed E-state index contributed by atoms with van der Waals surface area (Å²) in [6.45, 7) is 0. The van der Waals surface area contributed by atoms with Crippen molar-refractivity contribution in [1.29, 1.82) is 0 Å². The first-order chi connectivity index (χ1) is 16.9. The van der Waals surface area contributed by atoms with Crippen LogP contribution in [0.5, 0.6) is 0 Å². The molecular weight excluding hydrogens is 492 g/mol. The van der Waals surface area contributed by atoms with E-state index in [0.29, 0.717) is 23.3 Å². The van der Waals surface area contributed by atoms with E-state index in [1.54, 1.807) is 24.5 Å². The normalized spacial score (nSPS) is 12.4. The fourth-order valence-corrected chi connectivity index (χ4v) is 3.35. The van der Waals surface area contributed by atoms with E-state index in [0.717, 1.165) is 17.5 Å². The Bertz CT molecular complexity index is 1390. The highest BCUT2D eigenvalue weighted by Gasteiger charge is 2.71. The lowest BCUT2D eigenvalue weighted by Crippen LogP contribution is -2.53. The summed E-state index contributed by atoms with van der Waals surface area (Å²) in [4.78, 5) is 25.2. The summed E-state index contributed by atoms with van der Waals surface area (Å²) in [5, 5.41) is 15.5. The number of pyridine rings is 3. The number of rotatable bonds is 5. The molecule has 4 rings (SSSR count). The molecule has 0 aliphatic rings. The van der Waals surface area contributed by atoms with Gasteiger partial charge in [-0.15, -0.1) is 0 Å². The third-order valence-electron chi connectivity index (χ3n) is 5.18. The number of alkyl halides is 6. The number of carbonyl (C=O) groups excluding carboxylic acids is 1. The highest BCUT2D eigenvalue weighted by atomic mass is 19.4. The quantitative estimate of drug-likeness (QED) is 0.316. The van der Waals surface area contributed by atoms with Crippen LogP contribution >= 0.6 is 0 Å². The van der Waals surface area contributed by atoms with Gasteiger partial charge in [-0.05, 0) is 36.4 Å². The van der Waals surface area contributed by atoms with Gasteiger partial charge in [0.05, 0.1) is 23.0 Å². The van der Waals surface area contributed by atoms with Crippen molar-refractivity contribution < 1.29 is 36.2 Å². The molecule has 186 valence electrons. The Labute approximate surface area is 198 Å². The van der Waals surface area contributed by atoms with E-state index in [-0.39, 0.29) is 17.1 Å². The fraction of sp³-hybridized carbons (Fsp3) is 0.130. The van der Waals surface area contributed by atoms with Crippen molar-refractivity contribution >= 4 is 34.0 Å². The Kier molecular flexibility index (Phi) is 6.26. The smallest absolute Gasteiger partial charge is 0.369 e. The summed E-state index contributed by atoms with van der Waals surface area (Å²) in [5.41, 5.74) is -5.39. The van der Waals surface area contributed by atoms with E-state index in [1.165, 1.54) is 24.5 Å². The zero-order valence-corrected chi connectivity index (χ0v) is 17.9. The average molecular weight is 507 g/mol. The summed E-state index contributed by atoms with van der Waals surface area (Å²) < 4.78 is 78.4. The molecule has 0 saturated heterocycles. The minimum Gasteiger partial charge on any atom is -0.369 e. The molecule has 1 amide bonds. The van der Waals surface area contributed by atoms with E-state index >= 15 is 0 Å². The number of hydrogen-bond acceptors (Lipinski definition) is 6. The van der Waals surface area contributed by atoms with Gasteiger partial charge >= 0.3 is 12.4 Å². The van der Waals surface area contributed by atoms with E-state index in [1.807, 2.05) is 0 Å². The van der Waals surface area contributed by atoms with Crippen molar-refractivity contribution in [3.05, 3.63) is 84.4 Å². The van der Waals surface area contributed by atoms with Crippen LogP contribution < -0.4 is 10.6 Å². The predicted octanol–water partition coefficient (Wildman–Crippen LogP) is 5.33. The lowest BCUT2D eigenvalue weighted by molar-refractivity contribution is -0.376. The Balaban J connectivity index is 1.56. The molecule has 4 aromatic rings. The largest absolute Gasteiger partial charge is 0.430 e. The second-order valence-corrected chi connectivity index (χ2v) is 7.55. The van der Waals surface area contributed by atoms with E-state index in [2.05, 4.69) is 25.6 Å². The van der Waals surface area contributed by atoms with Crippen molar-refractivity contribution in [1.82, 2.24) is 15.0 Å². The van der Waals surface area contributed by atoms with Crippen LogP contribution in [0.15, 0.2) is 73.3 Å². The van der Waals surface area contributed by atoms with E-state index in [4.69, 9.17) is 0 Å². The van der Waals surface area contributed by atoms with Gasteiger partial charge in [0, 0.05) is 35.2 Å². The summed E-state index contributed by atoms with van der Waals surface area (Å²) in [5.74, 6) is -0.615. The molecule has 0 bridgehead atoms. The summed E-state index contributed by atoms with van der Waals surface area (Å²) >= 11 is 0. The van der Waals surface area contributed by atoms with Gasteiger partial charge in [0.25, 0.3) is 11.5 Å². The third kappa shape index (κ3) is 4.64. The molecule has 0 aliphatic heterocycles. The van der Waals surface area contributed by atoms with Gasteiger partial charge in [-0.1, -0.05) is 12.1 Å². The fourth-order valence-electron chi connectivity index (χ4n) is 3.35. The van der Waals surface area contributed by atoms with Crippen LogP contribution in [-0.2, 0) is 5.60 Å². The van der Waals surface area contributed by atoms with Crippen LogP contribution in [0.4, 0.5) is 43.5 Å². The first-order valence-electron chi connectivity index (χ1n) is 10.1. The van der Waals surface area contributed by atoms with Gasteiger partial charge in [-0.2, -0.15) is 26.3 Å². The first-order valence-corrected chi connectivity index (χ1v) is 10.1. The van der Waals surface area contributed by atoms with Crippen LogP contribution in [0.3, 0.4) is 0 Å². The van der Waals surface area contributed by atoms with Crippen LogP contribution in [0.25, 0.3) is 10.9 Å². The Morgan fingerprint density at radius 1 is 0.833 bits per heavy atom. The average Bonchev–Trinajstić information content (AvgIpc) is 2.83. The van der Waals surface area contributed by atoms with Crippen molar-refractivity contribution in [2.24, 2.45) is 0 Å². The van der Waals surface area contributed by atoms with Gasteiger partial charge in [-0.3, -0.25) is 14.8 Å². The Hall–Kier alpha value is -4.26. The monoisotopic (exact) mass is 507 g/mol. The number of benzene rings is 1. The van der Waals surface area contributed by atoms with Crippen molar-refractivity contribution in [3.63, 3.8) is 0 Å². The molecule has 0 radical (unpaired) electrons. The molecule has 7 nitrogen and oxygen atoms in total. The second kappa shape index (κ2) is 9.07. The van der Waals surface area contributed by atoms with Gasteiger partial charge in [0.15, 0.2) is 0 Å². The molecule has 0 unspecified atom stereocenters. The first kappa shape index (κ1) is 24.9. The Morgan fingerprint density at radius 2 is 1.53 bits per heavy atom. The van der Waals surface area contributed by atoms with Crippen LogP contribution in [0.1, 0.15) is 15.9 Å². The maximum absolute atomic E-state index is 13.1. The molecule has 1 aromatic carbocycles. The lowest BCUT2D eigenvalue weighted by Gasteiger charge is -2.32. The number of amides is 1. The second-order valence-electron chi connectivity index (χ2n) is 7.55. The number of anilines is 3. The lowest BCUT2D eigenvalue weighted by atomic mass is 9.92. The highest BCUT2D eigenvalue weighted by Crippen LogP contribution is 2.50. The molecule has 3 heterocycles. The summed E-state index contributed by atoms with van der Waals surface area (Å²) in [6, 6.07) is 8.85. The maximum Gasteiger partial charge on any atom is 0.430 e. The molecule has 13 heteroatoms. The summed E-state index contributed by atoms with van der Waals surface area (Å²) in [6.07, 6.45) is -5.91. The van der Waals surface area contributed by atoms with Crippen molar-refractivity contribution in [3.8, 4) is 0 Å². The van der Waals surface area contributed by atoms with E-state index < -0.39 is 29.4 Å². The van der Waals surface area contributed by atoms with Crippen molar-refractivity contribution in [2.45, 2.75) is 18.0 Å². The number of nitrogens with one attached hydrogen (secondary N) is 2. The number of fused-ring (bicyclic) bond motifs is 1. The topological polar surface area (TPSA) is 100 Å². The van der Waals surface area contributed by atoms with Gasteiger partial charge in [-0.25, -0.2) is 4.98 Å². The number of aromatic nitrogens is 3.